The van der Waals surface area contributed by atoms with Crippen LogP contribution in [0.3, 0.4) is 0 Å². The van der Waals surface area contributed by atoms with E-state index in [0.717, 1.165) is 11.9 Å². The number of hydrogen-bond acceptors (Lipinski definition) is 3. The largest absolute Gasteiger partial charge is 0.423 e. The summed E-state index contributed by atoms with van der Waals surface area (Å²) in [5.41, 5.74) is 9.59. The Balaban J connectivity index is 1.97. The molecule has 0 fully saturated rings. The van der Waals surface area contributed by atoms with Crippen molar-refractivity contribution in [1.29, 1.82) is 0 Å². The van der Waals surface area contributed by atoms with E-state index in [2.05, 4.69) is 21.4 Å². The summed E-state index contributed by atoms with van der Waals surface area (Å²) in [6.45, 7) is 0.533. The van der Waals surface area contributed by atoms with Crippen LogP contribution in [0.4, 0.5) is 4.79 Å². The molecule has 0 saturated heterocycles. The molecule has 0 spiro atoms. The van der Waals surface area contributed by atoms with Crippen molar-refractivity contribution >= 4 is 17.0 Å². The second-order valence-electron chi connectivity index (χ2n) is 3.42. The van der Waals surface area contributed by atoms with Gasteiger partial charge in [0.05, 0.1) is 0 Å². The number of hydrogen-bond donors (Lipinski definition) is 3. The van der Waals surface area contributed by atoms with Gasteiger partial charge in [0, 0.05) is 23.6 Å². The Bertz CT molecular complexity index is 493. The lowest BCUT2D eigenvalue weighted by atomic mass is 10.1. The van der Waals surface area contributed by atoms with Gasteiger partial charge in [-0.25, -0.2) is 4.79 Å². The maximum atomic E-state index is 10.3. The second kappa shape index (κ2) is 4.67. The van der Waals surface area contributed by atoms with Gasteiger partial charge in [0.25, 0.3) is 0 Å². The minimum atomic E-state index is -0.820. The van der Waals surface area contributed by atoms with Gasteiger partial charge in [0.15, 0.2) is 0 Å². The number of para-hydroxylation sites is 1. The summed E-state index contributed by atoms with van der Waals surface area (Å²) >= 11 is 0. The molecule has 1 amide bonds. The van der Waals surface area contributed by atoms with E-state index in [0.29, 0.717) is 6.54 Å². The quantitative estimate of drug-likeness (QED) is 0.535. The number of hydroxylamine groups is 1. The van der Waals surface area contributed by atoms with Crippen LogP contribution < -0.4 is 11.2 Å². The first-order chi connectivity index (χ1) is 7.77. The Kier molecular flexibility index (Phi) is 3.07. The van der Waals surface area contributed by atoms with Crippen molar-refractivity contribution in [2.45, 2.75) is 6.42 Å². The van der Waals surface area contributed by atoms with Gasteiger partial charge in [0.2, 0.25) is 0 Å². The van der Waals surface area contributed by atoms with E-state index in [4.69, 9.17) is 5.73 Å². The zero-order chi connectivity index (χ0) is 11.4. The molecule has 0 radical (unpaired) electrons. The molecule has 5 heteroatoms. The molecule has 2 aromatic rings. The number of nitrogens with one attached hydrogen (secondary N) is 2. The molecule has 1 aromatic carbocycles. The van der Waals surface area contributed by atoms with Crippen molar-refractivity contribution in [3.05, 3.63) is 36.0 Å². The van der Waals surface area contributed by atoms with Crippen LogP contribution in [0.5, 0.6) is 0 Å². The number of nitrogens with two attached hydrogens (primary N) is 1. The second-order valence-corrected chi connectivity index (χ2v) is 3.42. The van der Waals surface area contributed by atoms with Gasteiger partial charge in [-0.05, 0) is 18.1 Å². The van der Waals surface area contributed by atoms with Crippen molar-refractivity contribution in [1.82, 2.24) is 10.5 Å². The van der Waals surface area contributed by atoms with Crippen LogP contribution in [0.2, 0.25) is 0 Å². The lowest BCUT2D eigenvalue weighted by Crippen LogP contribution is -2.25. The van der Waals surface area contributed by atoms with Gasteiger partial charge in [-0.15, -0.1) is 0 Å². The van der Waals surface area contributed by atoms with Gasteiger partial charge in [0.1, 0.15) is 0 Å². The van der Waals surface area contributed by atoms with Crippen molar-refractivity contribution in [2.75, 3.05) is 6.54 Å². The van der Waals surface area contributed by atoms with E-state index in [1.165, 1.54) is 10.9 Å². The summed E-state index contributed by atoms with van der Waals surface area (Å²) in [5.74, 6) is 0. The number of carbonyl (C=O) groups excluding carboxylic acids is 1. The maximum Gasteiger partial charge on any atom is 0.423 e. The van der Waals surface area contributed by atoms with Gasteiger partial charge < -0.3 is 15.6 Å². The van der Waals surface area contributed by atoms with Gasteiger partial charge in [-0.3, -0.25) is 0 Å². The smallest absolute Gasteiger partial charge is 0.361 e. The molecule has 0 aliphatic heterocycles. The van der Waals surface area contributed by atoms with Crippen molar-refractivity contribution in [2.24, 2.45) is 5.73 Å². The van der Waals surface area contributed by atoms with E-state index in [9.17, 15) is 4.79 Å². The van der Waals surface area contributed by atoms with Crippen LogP contribution in [0.25, 0.3) is 10.9 Å². The predicted molar refractivity (Wildman–Crippen MR) is 60.7 cm³/mol. The Morgan fingerprint density at radius 2 is 2.25 bits per heavy atom. The van der Waals surface area contributed by atoms with Crippen LogP contribution in [0, 0.1) is 0 Å². The minimum absolute atomic E-state index is 0.533. The summed E-state index contributed by atoms with van der Waals surface area (Å²) in [5, 5.41) is 1.18. The molecule has 1 heterocycles. The molecule has 5 nitrogen and oxygen atoms in total. The normalized spacial score (nSPS) is 10.5. The number of aromatic nitrogens is 1. The highest BCUT2D eigenvalue weighted by Gasteiger charge is 2.02. The topological polar surface area (TPSA) is 80.1 Å². The average molecular weight is 219 g/mol. The van der Waals surface area contributed by atoms with E-state index < -0.39 is 6.09 Å². The first-order valence-corrected chi connectivity index (χ1v) is 5.01. The number of fused-ring (bicyclic) bond motifs is 1. The molecule has 0 atom stereocenters. The average Bonchev–Trinajstić information content (AvgIpc) is 2.68. The number of benzene rings is 1. The van der Waals surface area contributed by atoms with E-state index in [-0.39, 0.29) is 0 Å². The highest BCUT2D eigenvalue weighted by atomic mass is 16.7. The van der Waals surface area contributed by atoms with Gasteiger partial charge in [-0.1, -0.05) is 18.2 Å². The summed E-state index contributed by atoms with van der Waals surface area (Å²) in [6, 6.07) is 8.05. The number of rotatable bonds is 4. The molecule has 2 rings (SSSR count). The molecule has 1 aromatic heterocycles. The van der Waals surface area contributed by atoms with Crippen LogP contribution in [-0.2, 0) is 11.3 Å². The maximum absolute atomic E-state index is 10.3. The van der Waals surface area contributed by atoms with E-state index in [1.807, 2.05) is 24.4 Å². The summed E-state index contributed by atoms with van der Waals surface area (Å²) in [4.78, 5) is 17.9. The summed E-state index contributed by atoms with van der Waals surface area (Å²) in [7, 11) is 0. The van der Waals surface area contributed by atoms with E-state index >= 15 is 0 Å². The monoisotopic (exact) mass is 219 g/mol. The molecular formula is C11H13N3O2. The van der Waals surface area contributed by atoms with Crippen LogP contribution in [0.15, 0.2) is 30.5 Å². The Labute approximate surface area is 92.5 Å². The first-order valence-electron chi connectivity index (χ1n) is 5.01. The highest BCUT2D eigenvalue weighted by molar-refractivity contribution is 5.83. The molecule has 0 unspecified atom stereocenters. The number of carbonyl (C=O) groups is 1. The first kappa shape index (κ1) is 10.5. The van der Waals surface area contributed by atoms with Crippen molar-refractivity contribution in [3.63, 3.8) is 0 Å². The SMILES string of the molecule is NC(=O)ONCCc1c[nH]c2ccccc12. The Hall–Kier alpha value is -2.01. The molecule has 4 N–H and O–H groups in total. The molecule has 0 saturated carbocycles. The molecular weight excluding hydrogens is 206 g/mol. The minimum Gasteiger partial charge on any atom is -0.361 e. The Morgan fingerprint density at radius 3 is 3.06 bits per heavy atom. The van der Waals surface area contributed by atoms with Crippen LogP contribution in [0.1, 0.15) is 5.56 Å². The lowest BCUT2D eigenvalue weighted by Gasteiger charge is -2.02. The summed E-state index contributed by atoms with van der Waals surface area (Å²) < 4.78 is 0. The predicted octanol–water partition coefficient (Wildman–Crippen LogP) is 1.31. The number of aromatic amines is 1. The van der Waals surface area contributed by atoms with Gasteiger partial charge >= 0.3 is 6.09 Å². The van der Waals surface area contributed by atoms with E-state index in [1.54, 1.807) is 0 Å². The number of H-pyrrole nitrogens is 1. The van der Waals surface area contributed by atoms with Gasteiger partial charge in [-0.2, -0.15) is 5.48 Å². The molecule has 0 aliphatic carbocycles. The van der Waals surface area contributed by atoms with Crippen molar-refractivity contribution < 1.29 is 9.63 Å². The molecule has 0 aliphatic rings. The highest BCUT2D eigenvalue weighted by Crippen LogP contribution is 2.17. The fraction of sp³-hybridized carbons (Fsp3) is 0.182. The number of primary amides is 1. The third kappa shape index (κ3) is 2.32. The van der Waals surface area contributed by atoms with Crippen LogP contribution >= 0.6 is 0 Å². The van der Waals surface area contributed by atoms with Crippen LogP contribution in [-0.4, -0.2) is 17.6 Å². The zero-order valence-electron chi connectivity index (χ0n) is 8.69. The zero-order valence-corrected chi connectivity index (χ0v) is 8.69. The summed E-state index contributed by atoms with van der Waals surface area (Å²) in [6.07, 6.45) is 1.90. The third-order valence-electron chi connectivity index (χ3n) is 2.34. The standard InChI is InChI=1S/C11H13N3O2/c12-11(15)16-14-6-5-8-7-13-10-4-2-1-3-9(8)10/h1-4,7,13-14H,5-6H2,(H2,12,15). The fourth-order valence-corrected chi connectivity index (χ4v) is 1.65. The Morgan fingerprint density at radius 1 is 1.44 bits per heavy atom. The molecule has 0 bridgehead atoms. The third-order valence-corrected chi connectivity index (χ3v) is 2.34. The molecule has 84 valence electrons. The lowest BCUT2D eigenvalue weighted by molar-refractivity contribution is 0.0993. The molecule has 16 heavy (non-hydrogen) atoms. The van der Waals surface area contributed by atoms with Crippen molar-refractivity contribution in [3.8, 4) is 0 Å². The number of amides is 1. The fourth-order valence-electron chi connectivity index (χ4n) is 1.65.